The average Bonchev–Trinajstić information content (AvgIpc) is 2.92. The van der Waals surface area contributed by atoms with E-state index < -0.39 is 34.3 Å². The smallest absolute Gasteiger partial charge is 0.264 e. The summed E-state index contributed by atoms with van der Waals surface area (Å²) in [6.07, 6.45) is 1.04. The molecule has 0 saturated heterocycles. The number of sulfonamides is 1. The molecule has 0 aliphatic heterocycles. The van der Waals surface area contributed by atoms with E-state index in [1.807, 2.05) is 6.92 Å². The van der Waals surface area contributed by atoms with E-state index in [9.17, 15) is 22.4 Å². The molecule has 0 fully saturated rings. The first kappa shape index (κ1) is 29.1. The second-order valence-corrected chi connectivity index (χ2v) is 11.0. The van der Waals surface area contributed by atoms with Crippen LogP contribution >= 0.6 is 11.6 Å². The van der Waals surface area contributed by atoms with Crippen LogP contribution in [0.15, 0.2) is 83.8 Å². The maximum atomic E-state index is 13.9. The molecule has 0 bridgehead atoms. The highest BCUT2D eigenvalue weighted by Gasteiger charge is 2.33. The number of anilines is 1. The molecule has 2 amide bonds. The summed E-state index contributed by atoms with van der Waals surface area (Å²) in [6.45, 7) is 3.64. The number of nitrogens with one attached hydrogen (secondary N) is 1. The summed E-state index contributed by atoms with van der Waals surface area (Å²) >= 11 is 6.02. The Kier molecular flexibility index (Phi) is 10.3. The lowest BCUT2D eigenvalue weighted by Gasteiger charge is -2.33. The maximum Gasteiger partial charge on any atom is 0.264 e. The Labute approximate surface area is 228 Å². The van der Waals surface area contributed by atoms with Gasteiger partial charge in [0.15, 0.2) is 0 Å². The molecular weight excluding hydrogens is 529 g/mol. The van der Waals surface area contributed by atoms with E-state index in [1.54, 1.807) is 49.4 Å². The maximum absolute atomic E-state index is 13.9. The number of carbonyl (C=O) groups is 2. The summed E-state index contributed by atoms with van der Waals surface area (Å²) < 4.78 is 41.9. The van der Waals surface area contributed by atoms with Crippen molar-refractivity contribution in [3.05, 3.63) is 95.3 Å². The SMILES string of the molecule is CCCNC(=O)[C@@H](CC)N(Cc1ccc(Cl)cc1)C(=O)CN(c1ccc(F)cc1)S(=O)(=O)c1ccccc1. The molecule has 3 rings (SSSR count). The minimum atomic E-state index is -4.20. The van der Waals surface area contributed by atoms with E-state index in [-0.39, 0.29) is 23.0 Å². The summed E-state index contributed by atoms with van der Waals surface area (Å²) in [5.41, 5.74) is 0.849. The van der Waals surface area contributed by atoms with Crippen molar-refractivity contribution >= 4 is 39.1 Å². The molecule has 0 spiro atoms. The fraction of sp³-hybridized carbons (Fsp3) is 0.286. The lowest BCUT2D eigenvalue weighted by molar-refractivity contribution is -0.140. The van der Waals surface area contributed by atoms with E-state index in [1.165, 1.54) is 29.2 Å². The quantitative estimate of drug-likeness (QED) is 0.338. The Hall–Kier alpha value is -3.43. The summed E-state index contributed by atoms with van der Waals surface area (Å²) in [7, 11) is -4.20. The second kappa shape index (κ2) is 13.4. The lowest BCUT2D eigenvalue weighted by atomic mass is 10.1. The third kappa shape index (κ3) is 7.33. The lowest BCUT2D eigenvalue weighted by Crippen LogP contribution is -2.52. The Balaban J connectivity index is 2.02. The molecule has 1 atom stereocenters. The van der Waals surface area contributed by atoms with Crippen molar-refractivity contribution in [1.29, 1.82) is 0 Å². The van der Waals surface area contributed by atoms with E-state index >= 15 is 0 Å². The van der Waals surface area contributed by atoms with Crippen LogP contribution in [0.1, 0.15) is 32.3 Å². The molecule has 0 aliphatic rings. The van der Waals surface area contributed by atoms with Crippen LogP contribution in [0.25, 0.3) is 0 Å². The van der Waals surface area contributed by atoms with Crippen LogP contribution in [-0.2, 0) is 26.2 Å². The van der Waals surface area contributed by atoms with Gasteiger partial charge >= 0.3 is 0 Å². The predicted molar refractivity (Wildman–Crippen MR) is 147 cm³/mol. The molecule has 0 heterocycles. The number of amides is 2. The third-order valence-electron chi connectivity index (χ3n) is 5.93. The highest BCUT2D eigenvalue weighted by Crippen LogP contribution is 2.25. The molecule has 7 nitrogen and oxygen atoms in total. The summed E-state index contributed by atoms with van der Waals surface area (Å²) in [6, 6.07) is 18.6. The van der Waals surface area contributed by atoms with Gasteiger partial charge in [0.2, 0.25) is 11.8 Å². The van der Waals surface area contributed by atoms with Crippen molar-refractivity contribution in [2.45, 2.75) is 44.2 Å². The van der Waals surface area contributed by atoms with Gasteiger partial charge in [0.25, 0.3) is 10.0 Å². The van der Waals surface area contributed by atoms with Gasteiger partial charge < -0.3 is 10.2 Å². The molecular formula is C28H31ClFN3O4S. The van der Waals surface area contributed by atoms with Gasteiger partial charge in [-0.25, -0.2) is 12.8 Å². The van der Waals surface area contributed by atoms with E-state index in [2.05, 4.69) is 5.32 Å². The minimum Gasteiger partial charge on any atom is -0.354 e. The van der Waals surface area contributed by atoms with Crippen molar-refractivity contribution in [3.8, 4) is 0 Å². The molecule has 3 aromatic rings. The number of carbonyl (C=O) groups excluding carboxylic acids is 2. The molecule has 0 aliphatic carbocycles. The van der Waals surface area contributed by atoms with Gasteiger partial charge in [-0.15, -0.1) is 0 Å². The Bertz CT molecular complexity index is 1320. The first-order chi connectivity index (χ1) is 18.2. The molecule has 3 aromatic carbocycles. The molecule has 202 valence electrons. The van der Waals surface area contributed by atoms with E-state index in [0.29, 0.717) is 18.0 Å². The van der Waals surface area contributed by atoms with E-state index in [0.717, 1.165) is 28.4 Å². The largest absolute Gasteiger partial charge is 0.354 e. The van der Waals surface area contributed by atoms with Gasteiger partial charge in [-0.1, -0.05) is 55.8 Å². The number of rotatable bonds is 12. The van der Waals surface area contributed by atoms with Crippen molar-refractivity contribution in [3.63, 3.8) is 0 Å². The fourth-order valence-corrected chi connectivity index (χ4v) is 5.49. The third-order valence-corrected chi connectivity index (χ3v) is 7.97. The van der Waals surface area contributed by atoms with Gasteiger partial charge in [-0.3, -0.25) is 13.9 Å². The second-order valence-electron chi connectivity index (χ2n) is 8.66. The van der Waals surface area contributed by atoms with Crippen molar-refractivity contribution in [2.75, 3.05) is 17.4 Å². The standard InChI is InChI=1S/C28H31ClFN3O4S/c1-3-18-31-28(35)26(4-2)32(19-21-10-12-22(29)13-11-21)27(34)20-33(24-16-14-23(30)15-17-24)38(36,37)25-8-6-5-7-9-25/h5-17,26H,3-4,18-20H2,1-2H3,(H,31,35)/t26-/m1/s1. The highest BCUT2D eigenvalue weighted by molar-refractivity contribution is 7.92. The first-order valence-corrected chi connectivity index (χ1v) is 14.1. The van der Waals surface area contributed by atoms with Crippen LogP contribution in [0.4, 0.5) is 10.1 Å². The van der Waals surface area contributed by atoms with Crippen molar-refractivity contribution in [1.82, 2.24) is 10.2 Å². The average molecular weight is 560 g/mol. The number of hydrogen-bond donors (Lipinski definition) is 1. The van der Waals surface area contributed by atoms with Crippen molar-refractivity contribution in [2.24, 2.45) is 0 Å². The summed E-state index contributed by atoms with van der Waals surface area (Å²) in [5.74, 6) is -1.45. The monoisotopic (exact) mass is 559 g/mol. The van der Waals surface area contributed by atoms with Crippen LogP contribution in [-0.4, -0.2) is 44.3 Å². The number of halogens is 2. The Morgan fingerprint density at radius 2 is 1.58 bits per heavy atom. The van der Waals surface area contributed by atoms with Gasteiger partial charge in [0.05, 0.1) is 10.6 Å². The van der Waals surface area contributed by atoms with Crippen LogP contribution in [0.5, 0.6) is 0 Å². The zero-order chi connectivity index (χ0) is 27.7. The van der Waals surface area contributed by atoms with E-state index in [4.69, 9.17) is 11.6 Å². The van der Waals surface area contributed by atoms with Crippen LogP contribution in [0, 0.1) is 5.82 Å². The fourth-order valence-electron chi connectivity index (χ4n) is 3.93. The molecule has 0 unspecified atom stereocenters. The van der Waals surface area contributed by atoms with Crippen LogP contribution in [0.3, 0.4) is 0 Å². The Morgan fingerprint density at radius 3 is 2.16 bits per heavy atom. The zero-order valence-electron chi connectivity index (χ0n) is 21.3. The normalized spacial score (nSPS) is 12.0. The van der Waals surface area contributed by atoms with Gasteiger partial charge in [-0.2, -0.15) is 0 Å². The predicted octanol–water partition coefficient (Wildman–Crippen LogP) is 5.01. The number of benzene rings is 3. The molecule has 10 heteroatoms. The first-order valence-electron chi connectivity index (χ1n) is 12.3. The minimum absolute atomic E-state index is 0.0193. The summed E-state index contributed by atoms with van der Waals surface area (Å²) in [5, 5.41) is 3.36. The Morgan fingerprint density at radius 1 is 0.947 bits per heavy atom. The molecule has 38 heavy (non-hydrogen) atoms. The van der Waals surface area contributed by atoms with Crippen molar-refractivity contribution < 1.29 is 22.4 Å². The van der Waals surface area contributed by atoms with Gasteiger partial charge in [0.1, 0.15) is 18.4 Å². The van der Waals surface area contributed by atoms with Gasteiger partial charge in [0, 0.05) is 18.1 Å². The molecule has 0 radical (unpaired) electrons. The number of nitrogens with zero attached hydrogens (tertiary/aromatic N) is 2. The molecule has 0 saturated carbocycles. The summed E-state index contributed by atoms with van der Waals surface area (Å²) in [4.78, 5) is 28.3. The molecule has 1 N–H and O–H groups in total. The molecule has 0 aromatic heterocycles. The zero-order valence-corrected chi connectivity index (χ0v) is 22.9. The van der Waals surface area contributed by atoms with Crippen LogP contribution < -0.4 is 9.62 Å². The highest BCUT2D eigenvalue weighted by atomic mass is 35.5. The topological polar surface area (TPSA) is 86.8 Å². The van der Waals surface area contributed by atoms with Gasteiger partial charge in [-0.05, 0) is 66.9 Å². The van der Waals surface area contributed by atoms with Crippen LogP contribution in [0.2, 0.25) is 5.02 Å². The number of hydrogen-bond acceptors (Lipinski definition) is 4.